The number of anilines is 3. The van der Waals surface area contributed by atoms with Crippen molar-refractivity contribution in [1.82, 2.24) is 9.97 Å². The average molecular weight is 469 g/mol. The molecule has 11 nitrogen and oxygen atoms in total. The van der Waals surface area contributed by atoms with Crippen molar-refractivity contribution in [2.24, 2.45) is 11.1 Å². The van der Waals surface area contributed by atoms with Crippen LogP contribution in [0.4, 0.5) is 23.0 Å². The third-order valence-corrected chi connectivity index (χ3v) is 6.33. The van der Waals surface area contributed by atoms with E-state index in [0.29, 0.717) is 23.6 Å². The van der Waals surface area contributed by atoms with Gasteiger partial charge in [-0.3, -0.25) is 14.9 Å². The molecule has 3 rings (SSSR count). The minimum absolute atomic E-state index is 0.136. The fraction of sp³-hybridized carbons (Fsp3) is 0.389. The van der Waals surface area contributed by atoms with Crippen LogP contribution in [-0.4, -0.2) is 48.6 Å². The highest BCUT2D eigenvalue weighted by molar-refractivity contribution is 7.90. The molecule has 0 saturated carbocycles. The maximum Gasteiger partial charge on any atom is 0.353 e. The lowest BCUT2D eigenvalue weighted by Crippen LogP contribution is -2.46. The fourth-order valence-electron chi connectivity index (χ4n) is 3.19. The van der Waals surface area contributed by atoms with E-state index in [1.54, 1.807) is 36.1 Å². The lowest BCUT2D eigenvalue weighted by Gasteiger charge is -2.37. The molecule has 1 aromatic heterocycles. The van der Waals surface area contributed by atoms with E-state index in [1.165, 1.54) is 0 Å². The third kappa shape index (κ3) is 4.85. The predicted octanol–water partition coefficient (Wildman–Crippen LogP) is 2.28. The molecule has 0 aliphatic carbocycles. The predicted molar refractivity (Wildman–Crippen MR) is 115 cm³/mol. The molecule has 3 N–H and O–H groups in total. The van der Waals surface area contributed by atoms with Gasteiger partial charge in [0.05, 0.1) is 4.92 Å². The average Bonchev–Trinajstić information content (AvgIpc) is 2.68. The van der Waals surface area contributed by atoms with Crippen LogP contribution in [0.3, 0.4) is 0 Å². The topological polar surface area (TPSA) is 161 Å². The Hall–Kier alpha value is -2.99. The summed E-state index contributed by atoms with van der Waals surface area (Å²) in [6.45, 7) is 2.21. The highest BCUT2D eigenvalue weighted by Gasteiger charge is 2.39. The number of hydrogen-bond donors (Lipinski definition) is 2. The number of carbonyl (C=O) groups is 1. The lowest BCUT2D eigenvalue weighted by molar-refractivity contribution is -0.383. The second-order valence-corrected chi connectivity index (χ2v) is 9.95. The fourth-order valence-corrected chi connectivity index (χ4v) is 3.83. The first-order valence-electron chi connectivity index (χ1n) is 9.25. The van der Waals surface area contributed by atoms with E-state index in [0.717, 1.165) is 6.26 Å². The Morgan fingerprint density at radius 1 is 1.26 bits per heavy atom. The largest absolute Gasteiger partial charge is 0.369 e. The Kier molecular flexibility index (Phi) is 6.05. The molecule has 1 aliphatic heterocycles. The zero-order chi connectivity index (χ0) is 23.0. The summed E-state index contributed by atoms with van der Waals surface area (Å²) in [5.74, 6) is -0.851. The molecule has 1 aliphatic rings. The van der Waals surface area contributed by atoms with Crippen LogP contribution in [0, 0.1) is 15.5 Å². The van der Waals surface area contributed by atoms with Crippen LogP contribution in [0.25, 0.3) is 0 Å². The van der Waals surface area contributed by atoms with E-state index >= 15 is 0 Å². The molecular formula is C18H21ClN6O5S. The van der Waals surface area contributed by atoms with Gasteiger partial charge < -0.3 is 16.0 Å². The van der Waals surface area contributed by atoms with E-state index in [4.69, 9.17) is 17.3 Å². The molecule has 0 spiro atoms. The number of primary amides is 1. The Bertz CT molecular complexity index is 1130. The summed E-state index contributed by atoms with van der Waals surface area (Å²) < 4.78 is 24.3. The van der Waals surface area contributed by atoms with E-state index in [9.17, 15) is 23.3 Å². The third-order valence-electron chi connectivity index (χ3n) is 5.23. The zero-order valence-electron chi connectivity index (χ0n) is 16.8. The molecule has 1 saturated heterocycles. The van der Waals surface area contributed by atoms with Gasteiger partial charge in [-0.1, -0.05) is 18.5 Å². The Morgan fingerprint density at radius 3 is 2.32 bits per heavy atom. The summed E-state index contributed by atoms with van der Waals surface area (Å²) in [4.78, 5) is 32.5. The van der Waals surface area contributed by atoms with Gasteiger partial charge >= 0.3 is 5.69 Å². The number of rotatable bonds is 6. The molecule has 0 bridgehead atoms. The maximum absolute atomic E-state index is 12.2. The quantitative estimate of drug-likeness (QED) is 0.368. The van der Waals surface area contributed by atoms with E-state index in [1.807, 2.05) is 0 Å². The minimum atomic E-state index is -3.87. The number of piperidine rings is 1. The van der Waals surface area contributed by atoms with Crippen LogP contribution in [0.1, 0.15) is 19.8 Å². The number of nitro groups is 1. The van der Waals surface area contributed by atoms with Crippen molar-refractivity contribution in [3.05, 3.63) is 39.4 Å². The first-order chi connectivity index (χ1) is 14.4. The van der Waals surface area contributed by atoms with Gasteiger partial charge in [0, 0.05) is 35.5 Å². The number of hydrogen-bond acceptors (Lipinski definition) is 9. The summed E-state index contributed by atoms with van der Waals surface area (Å²) in [6.07, 6.45) is 1.61. The summed E-state index contributed by atoms with van der Waals surface area (Å²) in [5, 5.41) is 14.6. The number of nitrogens with zero attached hydrogens (tertiary/aromatic N) is 4. The SMILES string of the molecule is CC1(C(N)=O)CCN(c2nc(S(C)(=O)=O)nc(Nc3ccc(Cl)cc3)c2[N+](=O)[O-])CC1. The smallest absolute Gasteiger partial charge is 0.353 e. The van der Waals surface area contributed by atoms with Crippen molar-refractivity contribution in [1.29, 1.82) is 0 Å². The maximum atomic E-state index is 12.2. The Balaban J connectivity index is 2.10. The van der Waals surface area contributed by atoms with Crippen molar-refractivity contribution in [3.8, 4) is 0 Å². The first-order valence-corrected chi connectivity index (χ1v) is 11.5. The van der Waals surface area contributed by atoms with Crippen LogP contribution >= 0.6 is 11.6 Å². The van der Waals surface area contributed by atoms with Crippen LogP contribution in [0.2, 0.25) is 5.02 Å². The molecule has 13 heteroatoms. The van der Waals surface area contributed by atoms with Gasteiger partial charge in [0.2, 0.25) is 27.4 Å². The molecule has 0 atom stereocenters. The number of sulfone groups is 1. The zero-order valence-corrected chi connectivity index (χ0v) is 18.4. The number of nitrogens with one attached hydrogen (secondary N) is 1. The van der Waals surface area contributed by atoms with Gasteiger partial charge in [-0.2, -0.15) is 9.97 Å². The standard InChI is InChI=1S/C18H21ClN6O5S/c1-18(16(20)26)7-9-24(10-8-18)15-13(25(27)28)14(22-17(23-15)31(2,29)30)21-12-5-3-11(19)4-6-12/h3-6H,7-10H2,1-2H3,(H2,20,26)(H,21,22,23). The Morgan fingerprint density at radius 2 is 1.84 bits per heavy atom. The number of nitrogens with two attached hydrogens (primary N) is 1. The van der Waals surface area contributed by atoms with Gasteiger partial charge in [0.15, 0.2) is 0 Å². The van der Waals surface area contributed by atoms with Gasteiger partial charge in [-0.25, -0.2) is 8.42 Å². The van der Waals surface area contributed by atoms with Gasteiger partial charge in [-0.05, 0) is 37.1 Å². The molecule has 166 valence electrons. The van der Waals surface area contributed by atoms with Crippen LogP contribution in [0.5, 0.6) is 0 Å². The van der Waals surface area contributed by atoms with Crippen molar-refractivity contribution in [3.63, 3.8) is 0 Å². The monoisotopic (exact) mass is 468 g/mol. The highest BCUT2D eigenvalue weighted by atomic mass is 35.5. The van der Waals surface area contributed by atoms with Gasteiger partial charge in [-0.15, -0.1) is 0 Å². The second kappa shape index (κ2) is 8.27. The van der Waals surface area contributed by atoms with Gasteiger partial charge in [0.1, 0.15) is 0 Å². The minimum Gasteiger partial charge on any atom is -0.369 e. The Labute approximate surface area is 183 Å². The van der Waals surface area contributed by atoms with Crippen molar-refractivity contribution >= 4 is 50.4 Å². The second-order valence-electron chi connectivity index (χ2n) is 7.60. The van der Waals surface area contributed by atoms with E-state index in [2.05, 4.69) is 15.3 Å². The summed E-state index contributed by atoms with van der Waals surface area (Å²) >= 11 is 5.87. The number of aromatic nitrogens is 2. The summed E-state index contributed by atoms with van der Waals surface area (Å²) in [6, 6.07) is 6.30. The van der Waals surface area contributed by atoms with Crippen molar-refractivity contribution < 1.29 is 18.1 Å². The normalized spacial score (nSPS) is 16.0. The molecule has 0 unspecified atom stereocenters. The highest BCUT2D eigenvalue weighted by Crippen LogP contribution is 2.39. The first kappa shape index (κ1) is 22.7. The molecule has 1 aromatic carbocycles. The molecule has 0 radical (unpaired) electrons. The number of halogens is 1. The van der Waals surface area contributed by atoms with Crippen LogP contribution in [0.15, 0.2) is 29.4 Å². The number of benzene rings is 1. The molecule has 1 fully saturated rings. The van der Waals surface area contributed by atoms with E-state index in [-0.39, 0.29) is 24.7 Å². The molecule has 2 heterocycles. The lowest BCUT2D eigenvalue weighted by atomic mass is 9.80. The number of carbonyl (C=O) groups excluding carboxylic acids is 1. The van der Waals surface area contributed by atoms with E-state index < -0.39 is 36.9 Å². The molecular weight excluding hydrogens is 448 g/mol. The molecule has 2 aromatic rings. The summed E-state index contributed by atoms with van der Waals surface area (Å²) in [5.41, 5.74) is 4.69. The van der Waals surface area contributed by atoms with Crippen LogP contribution < -0.4 is 16.0 Å². The molecule has 1 amide bonds. The van der Waals surface area contributed by atoms with Crippen molar-refractivity contribution in [2.75, 3.05) is 29.6 Å². The number of amides is 1. The summed E-state index contributed by atoms with van der Waals surface area (Å²) in [7, 11) is -3.87. The van der Waals surface area contributed by atoms with Crippen molar-refractivity contribution in [2.45, 2.75) is 24.9 Å². The molecule has 31 heavy (non-hydrogen) atoms. The van der Waals surface area contributed by atoms with Crippen LogP contribution in [-0.2, 0) is 14.6 Å². The van der Waals surface area contributed by atoms with Gasteiger partial charge in [0.25, 0.3) is 5.16 Å².